The topological polar surface area (TPSA) is 70.0 Å². The highest BCUT2D eigenvalue weighted by Crippen LogP contribution is 2.36. The van der Waals surface area contributed by atoms with Crippen LogP contribution in [0, 0.1) is 11.3 Å². The first-order chi connectivity index (χ1) is 11.0. The summed E-state index contributed by atoms with van der Waals surface area (Å²) in [5, 5.41) is 8.16. The molecule has 0 amide bonds. The van der Waals surface area contributed by atoms with Crippen molar-refractivity contribution in [2.24, 2.45) is 0 Å². The molecule has 0 bridgehead atoms. The first-order valence-corrected chi connectivity index (χ1v) is 8.38. The second-order valence-electron chi connectivity index (χ2n) is 4.55. The van der Waals surface area contributed by atoms with Gasteiger partial charge in [-0.25, -0.2) is 8.42 Å². The Kier molecular flexibility index (Phi) is 4.99. The molecule has 2 aromatic rings. The number of nitrogens with zero attached hydrogens (tertiary/aromatic N) is 1. The maximum atomic E-state index is 12.8. The van der Waals surface area contributed by atoms with E-state index in [0.29, 0.717) is 6.07 Å². The Bertz CT molecular complexity index is 938. The number of anilines is 1. The molecule has 0 aromatic heterocycles. The van der Waals surface area contributed by atoms with Crippen LogP contribution in [0.25, 0.3) is 0 Å². The standard InChI is InChI=1S/C14H7Cl2F3N2O2S/c15-12-4-3-10(6-11(12)14(17,18)19)24(22,23)21-9-2-1-8(7-20)13(16)5-9/h1-6,21H. The molecule has 1 N–H and O–H groups in total. The summed E-state index contributed by atoms with van der Waals surface area (Å²) in [6.07, 6.45) is -4.79. The molecule has 0 aliphatic rings. The molecule has 0 radical (unpaired) electrons. The van der Waals surface area contributed by atoms with E-state index < -0.39 is 31.7 Å². The lowest BCUT2D eigenvalue weighted by molar-refractivity contribution is -0.137. The van der Waals surface area contributed by atoms with Crippen molar-refractivity contribution in [3.05, 3.63) is 57.6 Å². The molecule has 0 saturated carbocycles. The van der Waals surface area contributed by atoms with Crippen LogP contribution in [0.4, 0.5) is 18.9 Å². The first-order valence-electron chi connectivity index (χ1n) is 6.14. The Labute approximate surface area is 145 Å². The molecule has 0 heterocycles. The van der Waals surface area contributed by atoms with E-state index in [4.69, 9.17) is 28.5 Å². The summed E-state index contributed by atoms with van der Waals surface area (Å²) >= 11 is 11.2. The summed E-state index contributed by atoms with van der Waals surface area (Å²) in [7, 11) is -4.30. The van der Waals surface area contributed by atoms with Crippen LogP contribution in [0.2, 0.25) is 10.0 Å². The van der Waals surface area contributed by atoms with Crippen LogP contribution in [0.1, 0.15) is 11.1 Å². The van der Waals surface area contributed by atoms with Crippen LogP contribution in [0.15, 0.2) is 41.3 Å². The van der Waals surface area contributed by atoms with Crippen molar-refractivity contribution in [3.63, 3.8) is 0 Å². The van der Waals surface area contributed by atoms with Crippen LogP contribution < -0.4 is 4.72 Å². The zero-order valence-corrected chi connectivity index (χ0v) is 13.9. The van der Waals surface area contributed by atoms with Crippen LogP contribution in [-0.2, 0) is 16.2 Å². The fraction of sp³-hybridized carbons (Fsp3) is 0.0714. The predicted octanol–water partition coefficient (Wildman–Crippen LogP) is 4.68. The van der Waals surface area contributed by atoms with Gasteiger partial charge >= 0.3 is 6.18 Å². The smallest absolute Gasteiger partial charge is 0.280 e. The molecule has 4 nitrogen and oxygen atoms in total. The van der Waals surface area contributed by atoms with Gasteiger partial charge < -0.3 is 0 Å². The Hall–Kier alpha value is -1.95. The molecule has 0 atom stereocenters. The number of alkyl halides is 3. The third kappa shape index (κ3) is 3.93. The number of nitriles is 1. The molecule has 2 rings (SSSR count). The van der Waals surface area contributed by atoms with Crippen molar-refractivity contribution in [1.82, 2.24) is 0 Å². The molecule has 126 valence electrons. The van der Waals surface area contributed by atoms with Gasteiger partial charge in [0.15, 0.2) is 0 Å². The average molecular weight is 395 g/mol. The SMILES string of the molecule is N#Cc1ccc(NS(=O)(=O)c2ccc(Cl)c(C(F)(F)F)c2)cc1Cl. The molecule has 0 fully saturated rings. The number of hydrogen-bond acceptors (Lipinski definition) is 3. The van der Waals surface area contributed by atoms with E-state index in [9.17, 15) is 21.6 Å². The van der Waals surface area contributed by atoms with Crippen molar-refractivity contribution in [1.29, 1.82) is 5.26 Å². The average Bonchev–Trinajstić information content (AvgIpc) is 2.46. The molecule has 24 heavy (non-hydrogen) atoms. The number of nitrogens with one attached hydrogen (secondary N) is 1. The zero-order chi connectivity index (χ0) is 18.1. The van der Waals surface area contributed by atoms with Crippen LogP contribution in [0.5, 0.6) is 0 Å². The number of benzene rings is 2. The van der Waals surface area contributed by atoms with Gasteiger partial charge in [0.25, 0.3) is 10.0 Å². The van der Waals surface area contributed by atoms with E-state index >= 15 is 0 Å². The van der Waals surface area contributed by atoms with Gasteiger partial charge in [0.1, 0.15) is 6.07 Å². The van der Waals surface area contributed by atoms with Gasteiger partial charge in [-0.1, -0.05) is 23.2 Å². The van der Waals surface area contributed by atoms with Crippen molar-refractivity contribution in [2.45, 2.75) is 11.1 Å². The Morgan fingerprint density at radius 1 is 1.04 bits per heavy atom. The fourth-order valence-corrected chi connectivity index (χ4v) is 3.29. The van der Waals surface area contributed by atoms with Crippen LogP contribution >= 0.6 is 23.2 Å². The normalized spacial score (nSPS) is 11.8. The minimum Gasteiger partial charge on any atom is -0.280 e. The van der Waals surface area contributed by atoms with Crippen molar-refractivity contribution >= 4 is 38.9 Å². The first kappa shape index (κ1) is 18.4. The van der Waals surface area contributed by atoms with Gasteiger partial charge in [-0.2, -0.15) is 18.4 Å². The minimum absolute atomic E-state index is 0.00232. The fourth-order valence-electron chi connectivity index (χ4n) is 1.77. The lowest BCUT2D eigenvalue weighted by Gasteiger charge is -2.13. The number of halogens is 5. The summed E-state index contributed by atoms with van der Waals surface area (Å²) < 4.78 is 65.0. The molecule has 0 spiro atoms. The lowest BCUT2D eigenvalue weighted by Crippen LogP contribution is -2.15. The molecule has 2 aromatic carbocycles. The van der Waals surface area contributed by atoms with Gasteiger partial charge in [-0.05, 0) is 36.4 Å². The molecule has 0 aliphatic carbocycles. The van der Waals surface area contributed by atoms with Gasteiger partial charge in [0.2, 0.25) is 0 Å². The summed E-state index contributed by atoms with van der Waals surface area (Å²) in [5.74, 6) is 0. The highest BCUT2D eigenvalue weighted by molar-refractivity contribution is 7.92. The number of hydrogen-bond donors (Lipinski definition) is 1. The molecular formula is C14H7Cl2F3N2O2S. The van der Waals surface area contributed by atoms with E-state index in [1.807, 2.05) is 0 Å². The summed E-state index contributed by atoms with van der Waals surface area (Å²) in [5.41, 5.74) is -1.13. The summed E-state index contributed by atoms with van der Waals surface area (Å²) in [4.78, 5) is -0.611. The van der Waals surface area contributed by atoms with Gasteiger partial charge in [0, 0.05) is 0 Å². The van der Waals surface area contributed by atoms with Gasteiger partial charge in [-0.3, -0.25) is 4.72 Å². The summed E-state index contributed by atoms with van der Waals surface area (Å²) in [6, 6.07) is 7.77. The van der Waals surface area contributed by atoms with Crippen molar-refractivity contribution in [2.75, 3.05) is 4.72 Å². The van der Waals surface area contributed by atoms with E-state index in [-0.39, 0.29) is 16.3 Å². The molecular weight excluding hydrogens is 388 g/mol. The molecule has 10 heteroatoms. The Morgan fingerprint density at radius 3 is 2.25 bits per heavy atom. The third-order valence-corrected chi connectivity index (χ3v) is 4.92. The third-order valence-electron chi connectivity index (χ3n) is 2.90. The zero-order valence-electron chi connectivity index (χ0n) is 11.5. The Balaban J connectivity index is 2.41. The second kappa shape index (κ2) is 6.51. The van der Waals surface area contributed by atoms with E-state index in [2.05, 4.69) is 4.72 Å². The van der Waals surface area contributed by atoms with E-state index in [0.717, 1.165) is 12.1 Å². The van der Waals surface area contributed by atoms with Gasteiger partial charge in [0.05, 0.1) is 31.8 Å². The highest BCUT2D eigenvalue weighted by Gasteiger charge is 2.34. The molecule has 0 saturated heterocycles. The summed E-state index contributed by atoms with van der Waals surface area (Å²) in [6.45, 7) is 0. The largest absolute Gasteiger partial charge is 0.417 e. The number of sulfonamides is 1. The maximum absolute atomic E-state index is 12.8. The monoisotopic (exact) mass is 394 g/mol. The van der Waals surface area contributed by atoms with Crippen LogP contribution in [0.3, 0.4) is 0 Å². The quantitative estimate of drug-likeness (QED) is 0.820. The van der Waals surface area contributed by atoms with Crippen LogP contribution in [-0.4, -0.2) is 8.42 Å². The Morgan fingerprint density at radius 2 is 1.71 bits per heavy atom. The molecule has 0 aliphatic heterocycles. The lowest BCUT2D eigenvalue weighted by atomic mass is 10.2. The highest BCUT2D eigenvalue weighted by atomic mass is 35.5. The van der Waals surface area contributed by atoms with E-state index in [1.54, 1.807) is 6.07 Å². The predicted molar refractivity (Wildman–Crippen MR) is 83.4 cm³/mol. The van der Waals surface area contributed by atoms with Crippen molar-refractivity contribution in [3.8, 4) is 6.07 Å². The molecule has 0 unspecified atom stereocenters. The minimum atomic E-state index is -4.79. The second-order valence-corrected chi connectivity index (χ2v) is 7.05. The maximum Gasteiger partial charge on any atom is 0.417 e. The van der Waals surface area contributed by atoms with Gasteiger partial charge in [-0.15, -0.1) is 0 Å². The van der Waals surface area contributed by atoms with Crippen molar-refractivity contribution < 1.29 is 21.6 Å². The van der Waals surface area contributed by atoms with E-state index in [1.165, 1.54) is 18.2 Å². The number of rotatable bonds is 3.